The Hall–Kier alpha value is -3.08. The molecule has 1 amide bonds. The van der Waals surface area contributed by atoms with Crippen LogP contribution in [0, 0.1) is 0 Å². The third-order valence-corrected chi connectivity index (χ3v) is 5.78. The number of nitrogens with one attached hydrogen (secondary N) is 2. The predicted molar refractivity (Wildman–Crippen MR) is 112 cm³/mol. The van der Waals surface area contributed by atoms with E-state index in [1.165, 1.54) is 12.1 Å². The van der Waals surface area contributed by atoms with E-state index in [0.717, 1.165) is 18.2 Å². The summed E-state index contributed by atoms with van der Waals surface area (Å²) in [5.41, 5.74) is 1.58. The lowest BCUT2D eigenvalue weighted by atomic mass is 10.1. The van der Waals surface area contributed by atoms with Crippen LogP contribution in [0.25, 0.3) is 10.9 Å². The van der Waals surface area contributed by atoms with Crippen LogP contribution >= 0.6 is 0 Å². The maximum Gasteiger partial charge on any atom is 0.253 e. The van der Waals surface area contributed by atoms with Crippen molar-refractivity contribution in [1.82, 2.24) is 15.3 Å². The van der Waals surface area contributed by atoms with Gasteiger partial charge in [-0.25, -0.2) is 23.5 Å². The molecule has 10 heteroatoms. The fraction of sp³-hybridized carbons (Fsp3) is 0.250. The van der Waals surface area contributed by atoms with Crippen LogP contribution in [0.2, 0.25) is 0 Å². The standard InChI is InChI=1S/C20H21N5O4S/c21-30(27,28)16-6-4-14(5-7-16)24-20-22-12-13-2-1-3-17(18(13)25-20)19(26)23-15-8-10-29-11-9-15/h1-7,12,15H,8-11H2,(H,23,26)(H2,21,27,28)(H,22,24,25). The molecule has 0 saturated carbocycles. The summed E-state index contributed by atoms with van der Waals surface area (Å²) >= 11 is 0. The van der Waals surface area contributed by atoms with Gasteiger partial charge in [0.1, 0.15) is 0 Å². The number of benzene rings is 2. The number of carbonyl (C=O) groups is 1. The lowest BCUT2D eigenvalue weighted by Gasteiger charge is -2.23. The zero-order valence-corrected chi connectivity index (χ0v) is 16.9. The van der Waals surface area contributed by atoms with Crippen molar-refractivity contribution in [3.05, 3.63) is 54.2 Å². The number of primary sulfonamides is 1. The van der Waals surface area contributed by atoms with Gasteiger partial charge < -0.3 is 15.4 Å². The molecule has 156 valence electrons. The Morgan fingerprint density at radius 3 is 2.53 bits per heavy atom. The van der Waals surface area contributed by atoms with Crippen molar-refractivity contribution in [1.29, 1.82) is 0 Å². The highest BCUT2D eigenvalue weighted by atomic mass is 32.2. The molecule has 2 aromatic carbocycles. The van der Waals surface area contributed by atoms with Gasteiger partial charge in [0.2, 0.25) is 16.0 Å². The maximum atomic E-state index is 12.8. The Balaban J connectivity index is 1.58. The lowest BCUT2D eigenvalue weighted by Crippen LogP contribution is -2.39. The normalized spacial score (nSPS) is 15.1. The van der Waals surface area contributed by atoms with Crippen LogP contribution in [0.15, 0.2) is 53.6 Å². The summed E-state index contributed by atoms with van der Waals surface area (Å²) in [6.07, 6.45) is 3.20. The van der Waals surface area contributed by atoms with Gasteiger partial charge in [0, 0.05) is 36.5 Å². The highest BCUT2D eigenvalue weighted by molar-refractivity contribution is 7.89. The minimum atomic E-state index is -3.76. The highest BCUT2D eigenvalue weighted by Gasteiger charge is 2.19. The molecule has 4 rings (SSSR count). The molecule has 0 atom stereocenters. The van der Waals surface area contributed by atoms with E-state index in [2.05, 4.69) is 20.6 Å². The quantitative estimate of drug-likeness (QED) is 0.566. The average molecular weight is 427 g/mol. The van der Waals surface area contributed by atoms with E-state index >= 15 is 0 Å². The molecule has 0 unspecified atom stereocenters. The summed E-state index contributed by atoms with van der Waals surface area (Å²) in [6.45, 7) is 1.28. The number of nitrogens with zero attached hydrogens (tertiary/aromatic N) is 2. The first-order valence-electron chi connectivity index (χ1n) is 9.44. The van der Waals surface area contributed by atoms with Crippen LogP contribution in [-0.4, -0.2) is 43.5 Å². The molecule has 0 aliphatic carbocycles. The van der Waals surface area contributed by atoms with Crippen LogP contribution in [0.4, 0.5) is 11.6 Å². The minimum Gasteiger partial charge on any atom is -0.381 e. The van der Waals surface area contributed by atoms with Crippen LogP contribution in [0.5, 0.6) is 0 Å². The van der Waals surface area contributed by atoms with E-state index in [4.69, 9.17) is 9.88 Å². The fourth-order valence-corrected chi connectivity index (χ4v) is 3.78. The number of anilines is 2. The molecule has 1 saturated heterocycles. The number of amides is 1. The summed E-state index contributed by atoms with van der Waals surface area (Å²) in [5.74, 6) is 0.104. The smallest absolute Gasteiger partial charge is 0.253 e. The molecular formula is C20H21N5O4S. The molecule has 0 spiro atoms. The monoisotopic (exact) mass is 427 g/mol. The fourth-order valence-electron chi connectivity index (χ4n) is 3.26. The van der Waals surface area contributed by atoms with Crippen molar-refractivity contribution in [2.45, 2.75) is 23.8 Å². The van der Waals surface area contributed by atoms with Gasteiger partial charge in [0.25, 0.3) is 5.91 Å². The first-order chi connectivity index (χ1) is 14.4. The number of ether oxygens (including phenoxy) is 1. The van der Waals surface area contributed by atoms with Crippen molar-refractivity contribution in [2.75, 3.05) is 18.5 Å². The first kappa shape index (κ1) is 20.2. The largest absolute Gasteiger partial charge is 0.381 e. The van der Waals surface area contributed by atoms with Gasteiger partial charge in [-0.1, -0.05) is 12.1 Å². The Kier molecular flexibility index (Phi) is 5.62. The van der Waals surface area contributed by atoms with E-state index in [0.29, 0.717) is 30.0 Å². The number of hydrogen-bond donors (Lipinski definition) is 3. The second-order valence-corrected chi connectivity index (χ2v) is 8.55. The zero-order valence-electron chi connectivity index (χ0n) is 16.0. The van der Waals surface area contributed by atoms with Gasteiger partial charge in [-0.15, -0.1) is 0 Å². The van der Waals surface area contributed by atoms with E-state index < -0.39 is 10.0 Å². The van der Waals surface area contributed by atoms with Crippen molar-refractivity contribution in [3.63, 3.8) is 0 Å². The van der Waals surface area contributed by atoms with E-state index in [-0.39, 0.29) is 22.8 Å². The van der Waals surface area contributed by atoms with Crippen molar-refractivity contribution < 1.29 is 17.9 Å². The summed E-state index contributed by atoms with van der Waals surface area (Å²) in [5, 5.41) is 11.9. The molecule has 3 aromatic rings. The number of carbonyl (C=O) groups excluding carboxylic acids is 1. The van der Waals surface area contributed by atoms with Gasteiger partial charge in [-0.05, 0) is 43.2 Å². The molecule has 0 radical (unpaired) electrons. The van der Waals surface area contributed by atoms with E-state index in [1.807, 2.05) is 6.07 Å². The van der Waals surface area contributed by atoms with Crippen molar-refractivity contribution >= 4 is 38.5 Å². The zero-order chi connectivity index (χ0) is 21.1. The molecule has 1 aliphatic heterocycles. The van der Waals surface area contributed by atoms with Crippen LogP contribution < -0.4 is 15.8 Å². The summed E-state index contributed by atoms with van der Waals surface area (Å²) < 4.78 is 28.1. The average Bonchev–Trinajstić information content (AvgIpc) is 2.74. The Morgan fingerprint density at radius 1 is 1.10 bits per heavy atom. The number of nitrogens with two attached hydrogens (primary N) is 1. The second kappa shape index (κ2) is 8.34. The molecule has 1 aliphatic rings. The minimum absolute atomic E-state index is 0.0135. The van der Waals surface area contributed by atoms with Crippen molar-refractivity contribution in [3.8, 4) is 0 Å². The third kappa shape index (κ3) is 4.56. The Bertz CT molecular complexity index is 1180. The number of sulfonamides is 1. The third-order valence-electron chi connectivity index (χ3n) is 4.85. The molecule has 30 heavy (non-hydrogen) atoms. The van der Waals surface area contributed by atoms with Gasteiger partial charge >= 0.3 is 0 Å². The van der Waals surface area contributed by atoms with Gasteiger partial charge in [0.05, 0.1) is 16.0 Å². The number of aromatic nitrogens is 2. The summed E-state index contributed by atoms with van der Waals surface area (Å²) in [7, 11) is -3.76. The topological polar surface area (TPSA) is 136 Å². The molecule has 1 fully saturated rings. The van der Waals surface area contributed by atoms with Gasteiger partial charge in [-0.3, -0.25) is 4.79 Å². The highest BCUT2D eigenvalue weighted by Crippen LogP contribution is 2.21. The first-order valence-corrected chi connectivity index (χ1v) is 11.0. The van der Waals surface area contributed by atoms with Crippen molar-refractivity contribution in [2.24, 2.45) is 5.14 Å². The molecule has 4 N–H and O–H groups in total. The van der Waals surface area contributed by atoms with E-state index in [1.54, 1.807) is 30.5 Å². The van der Waals surface area contributed by atoms with Gasteiger partial charge in [0.15, 0.2) is 0 Å². The Labute approximate surface area is 173 Å². The number of fused-ring (bicyclic) bond motifs is 1. The SMILES string of the molecule is NS(=O)(=O)c1ccc(Nc2ncc3cccc(C(=O)NC4CCOCC4)c3n2)cc1. The van der Waals surface area contributed by atoms with Crippen LogP contribution in [-0.2, 0) is 14.8 Å². The molecule has 1 aromatic heterocycles. The predicted octanol–water partition coefficient (Wildman–Crippen LogP) is 1.93. The van der Waals surface area contributed by atoms with Gasteiger partial charge in [-0.2, -0.15) is 0 Å². The molecular weight excluding hydrogens is 406 g/mol. The van der Waals surface area contributed by atoms with Crippen LogP contribution in [0.1, 0.15) is 23.2 Å². The van der Waals surface area contributed by atoms with E-state index in [9.17, 15) is 13.2 Å². The molecule has 0 bridgehead atoms. The van der Waals surface area contributed by atoms with Crippen LogP contribution in [0.3, 0.4) is 0 Å². The summed E-state index contributed by atoms with van der Waals surface area (Å²) in [6, 6.07) is 11.4. The molecule has 9 nitrogen and oxygen atoms in total. The number of hydrogen-bond acceptors (Lipinski definition) is 7. The lowest BCUT2D eigenvalue weighted by molar-refractivity contribution is 0.0697. The molecule has 2 heterocycles. The number of rotatable bonds is 5. The maximum absolute atomic E-state index is 12.8. The number of para-hydroxylation sites is 1. The second-order valence-electron chi connectivity index (χ2n) is 6.99. The summed E-state index contributed by atoms with van der Waals surface area (Å²) in [4.78, 5) is 21.6. The Morgan fingerprint density at radius 2 is 1.83 bits per heavy atom.